The summed E-state index contributed by atoms with van der Waals surface area (Å²) in [7, 11) is 0. The third kappa shape index (κ3) is 8.90. The lowest BCUT2D eigenvalue weighted by atomic mass is 10.0. The second-order valence-electron chi connectivity index (χ2n) is 8.91. The molecule has 0 bridgehead atoms. The minimum Gasteiger partial charge on any atom is -0.483 e. The predicted octanol–water partition coefficient (Wildman–Crippen LogP) is 6.60. The fourth-order valence-corrected chi connectivity index (χ4v) is 4.75. The third-order valence-corrected chi connectivity index (χ3v) is 6.95. The zero-order valence-corrected chi connectivity index (χ0v) is 23.7. The molecule has 1 N–H and O–H groups in total. The highest BCUT2D eigenvalue weighted by Gasteiger charge is 2.30. The monoisotopic (exact) mass is 584 g/mol. The molecule has 3 rings (SSSR count). The van der Waals surface area contributed by atoms with Crippen LogP contribution >= 0.6 is 27.5 Å². The lowest BCUT2D eigenvalue weighted by Gasteiger charge is -2.31. The highest BCUT2D eigenvalue weighted by molar-refractivity contribution is 9.10. The van der Waals surface area contributed by atoms with Crippen molar-refractivity contribution in [2.24, 2.45) is 0 Å². The van der Waals surface area contributed by atoms with Crippen LogP contribution < -0.4 is 10.1 Å². The van der Waals surface area contributed by atoms with E-state index in [9.17, 15) is 9.59 Å². The molecular formula is C30H34BrClN2O3. The zero-order valence-electron chi connectivity index (χ0n) is 21.4. The summed E-state index contributed by atoms with van der Waals surface area (Å²) in [6, 6.07) is 22.2. The van der Waals surface area contributed by atoms with Crippen LogP contribution in [0.25, 0.3) is 0 Å². The van der Waals surface area contributed by atoms with Crippen LogP contribution in [-0.2, 0) is 29.0 Å². The standard InChI is InChI=1S/C30H34BrClN2O3/c1-3-5-16-33-30(36)27(19-23-10-7-6-8-11-23)34(20-24-12-9-13-25(32)17-24)29(35)21-37-28-15-14-22(4-2)18-26(28)31/h6-15,17-18,27H,3-5,16,19-21H2,1-2H3,(H,33,36). The first-order valence-electron chi connectivity index (χ1n) is 12.7. The molecule has 0 fully saturated rings. The Morgan fingerprint density at radius 3 is 2.41 bits per heavy atom. The number of aryl methyl sites for hydroxylation is 1. The van der Waals surface area contributed by atoms with Gasteiger partial charge in [-0.1, -0.05) is 80.4 Å². The van der Waals surface area contributed by atoms with Crippen molar-refractivity contribution in [3.63, 3.8) is 0 Å². The maximum absolute atomic E-state index is 13.7. The molecule has 0 saturated carbocycles. The zero-order chi connectivity index (χ0) is 26.6. The molecule has 0 heterocycles. The van der Waals surface area contributed by atoms with Crippen molar-refractivity contribution < 1.29 is 14.3 Å². The van der Waals surface area contributed by atoms with Crippen LogP contribution in [0.4, 0.5) is 0 Å². The second-order valence-corrected chi connectivity index (χ2v) is 10.2. The number of amides is 2. The van der Waals surface area contributed by atoms with Crippen LogP contribution in [0.1, 0.15) is 43.4 Å². The molecule has 0 saturated heterocycles. The van der Waals surface area contributed by atoms with E-state index in [4.69, 9.17) is 16.3 Å². The van der Waals surface area contributed by atoms with Crippen LogP contribution in [-0.4, -0.2) is 35.9 Å². The minimum atomic E-state index is -0.708. The predicted molar refractivity (Wildman–Crippen MR) is 153 cm³/mol. The van der Waals surface area contributed by atoms with E-state index < -0.39 is 6.04 Å². The second kappa shape index (κ2) is 14.8. The first-order chi connectivity index (χ1) is 17.9. The summed E-state index contributed by atoms with van der Waals surface area (Å²) in [6.45, 7) is 4.76. The van der Waals surface area contributed by atoms with Crippen LogP contribution in [0, 0.1) is 0 Å². The molecule has 5 nitrogen and oxygen atoms in total. The van der Waals surface area contributed by atoms with E-state index >= 15 is 0 Å². The number of benzene rings is 3. The molecule has 3 aromatic carbocycles. The van der Waals surface area contributed by atoms with Gasteiger partial charge in [0.1, 0.15) is 11.8 Å². The van der Waals surface area contributed by atoms with E-state index in [1.165, 1.54) is 5.56 Å². The number of nitrogens with one attached hydrogen (secondary N) is 1. The first kappa shape index (κ1) is 28.7. The van der Waals surface area contributed by atoms with E-state index in [1.807, 2.05) is 66.7 Å². The number of nitrogens with zero attached hydrogens (tertiary/aromatic N) is 1. The Hall–Kier alpha value is -2.83. The number of ether oxygens (including phenoxy) is 1. The lowest BCUT2D eigenvalue weighted by molar-refractivity contribution is -0.142. The van der Waals surface area contributed by atoms with Gasteiger partial charge in [-0.25, -0.2) is 0 Å². The van der Waals surface area contributed by atoms with Gasteiger partial charge in [0.2, 0.25) is 5.91 Å². The van der Waals surface area contributed by atoms with Crippen molar-refractivity contribution in [3.05, 3.63) is 99.0 Å². The van der Waals surface area contributed by atoms with Crippen LogP contribution in [0.3, 0.4) is 0 Å². The van der Waals surface area contributed by atoms with Crippen molar-refractivity contribution in [2.45, 2.75) is 52.1 Å². The summed E-state index contributed by atoms with van der Waals surface area (Å²) >= 11 is 9.77. The van der Waals surface area contributed by atoms with Crippen molar-refractivity contribution >= 4 is 39.3 Å². The fourth-order valence-electron chi connectivity index (χ4n) is 4.00. The van der Waals surface area contributed by atoms with Gasteiger partial charge >= 0.3 is 0 Å². The van der Waals surface area contributed by atoms with Gasteiger partial charge in [-0.2, -0.15) is 0 Å². The first-order valence-corrected chi connectivity index (χ1v) is 13.8. The van der Waals surface area contributed by atoms with Crippen molar-refractivity contribution in [2.75, 3.05) is 13.2 Å². The quantitative estimate of drug-likeness (QED) is 0.230. The molecule has 1 unspecified atom stereocenters. The number of hydrogen-bond acceptors (Lipinski definition) is 3. The molecule has 3 aromatic rings. The van der Waals surface area contributed by atoms with Gasteiger partial charge in [-0.3, -0.25) is 9.59 Å². The molecule has 196 valence electrons. The van der Waals surface area contributed by atoms with E-state index in [0.717, 1.165) is 34.9 Å². The summed E-state index contributed by atoms with van der Waals surface area (Å²) in [5, 5.41) is 3.60. The Morgan fingerprint density at radius 1 is 0.973 bits per heavy atom. The number of halogens is 2. The van der Waals surface area contributed by atoms with Gasteiger partial charge in [0, 0.05) is 24.5 Å². The number of rotatable bonds is 13. The highest BCUT2D eigenvalue weighted by Crippen LogP contribution is 2.26. The minimum absolute atomic E-state index is 0.179. The van der Waals surface area contributed by atoms with Gasteiger partial charge in [-0.05, 0) is 69.7 Å². The van der Waals surface area contributed by atoms with Gasteiger partial charge in [0.15, 0.2) is 6.61 Å². The van der Waals surface area contributed by atoms with E-state index in [-0.39, 0.29) is 25.0 Å². The van der Waals surface area contributed by atoms with Gasteiger partial charge in [0.05, 0.1) is 4.47 Å². The summed E-state index contributed by atoms with van der Waals surface area (Å²) in [5.41, 5.74) is 2.98. The van der Waals surface area contributed by atoms with Crippen molar-refractivity contribution in [3.8, 4) is 5.75 Å². The number of carbonyl (C=O) groups is 2. The largest absolute Gasteiger partial charge is 0.483 e. The highest BCUT2D eigenvalue weighted by atomic mass is 79.9. The molecule has 1 atom stereocenters. The smallest absolute Gasteiger partial charge is 0.261 e. The lowest BCUT2D eigenvalue weighted by Crippen LogP contribution is -2.51. The molecule has 0 aliphatic heterocycles. The Morgan fingerprint density at radius 2 is 1.73 bits per heavy atom. The van der Waals surface area contributed by atoms with Crippen molar-refractivity contribution in [1.82, 2.24) is 10.2 Å². The molecule has 0 aliphatic carbocycles. The maximum atomic E-state index is 13.7. The summed E-state index contributed by atoms with van der Waals surface area (Å²) in [4.78, 5) is 28.7. The average molecular weight is 586 g/mol. The Kier molecular flexibility index (Phi) is 11.5. The number of hydrogen-bond donors (Lipinski definition) is 1. The van der Waals surface area contributed by atoms with Crippen LogP contribution in [0.5, 0.6) is 5.75 Å². The molecule has 0 spiro atoms. The summed E-state index contributed by atoms with van der Waals surface area (Å²) in [5.74, 6) is 0.124. The van der Waals surface area contributed by atoms with Gasteiger partial charge in [0.25, 0.3) is 5.91 Å². The van der Waals surface area contributed by atoms with E-state index in [2.05, 4.69) is 35.1 Å². The molecule has 7 heteroatoms. The molecule has 37 heavy (non-hydrogen) atoms. The van der Waals surface area contributed by atoms with Crippen molar-refractivity contribution in [1.29, 1.82) is 0 Å². The summed E-state index contributed by atoms with van der Waals surface area (Å²) in [6.07, 6.45) is 3.13. The Bertz CT molecular complexity index is 1170. The molecular weight excluding hydrogens is 552 g/mol. The topological polar surface area (TPSA) is 58.6 Å². The Balaban J connectivity index is 1.89. The number of carbonyl (C=O) groups excluding carboxylic acids is 2. The van der Waals surface area contributed by atoms with Gasteiger partial charge in [-0.15, -0.1) is 0 Å². The maximum Gasteiger partial charge on any atom is 0.261 e. The third-order valence-electron chi connectivity index (χ3n) is 6.10. The normalized spacial score (nSPS) is 11.6. The molecule has 0 aromatic heterocycles. The van der Waals surface area contributed by atoms with E-state index in [1.54, 1.807) is 11.0 Å². The van der Waals surface area contributed by atoms with Crippen LogP contribution in [0.15, 0.2) is 77.3 Å². The van der Waals surface area contributed by atoms with Crippen LogP contribution in [0.2, 0.25) is 5.02 Å². The Labute approximate surface area is 233 Å². The SMILES string of the molecule is CCCCNC(=O)C(Cc1ccccc1)N(Cc1cccc(Cl)c1)C(=O)COc1ccc(CC)cc1Br. The summed E-state index contributed by atoms with van der Waals surface area (Å²) < 4.78 is 6.71. The molecule has 0 radical (unpaired) electrons. The van der Waals surface area contributed by atoms with E-state index in [0.29, 0.717) is 23.7 Å². The fraction of sp³-hybridized carbons (Fsp3) is 0.333. The molecule has 0 aliphatic rings. The number of unbranched alkanes of at least 4 members (excludes halogenated alkanes) is 1. The molecule has 2 amide bonds. The average Bonchev–Trinajstić information content (AvgIpc) is 2.90. The van der Waals surface area contributed by atoms with Gasteiger partial charge < -0.3 is 15.0 Å².